The van der Waals surface area contributed by atoms with Gasteiger partial charge in [0.25, 0.3) is 0 Å². The van der Waals surface area contributed by atoms with E-state index in [1.165, 1.54) is 12.1 Å². The number of rotatable bonds is 4. The SMILES string of the molecule is NCCCC(=O)Nc1cccc(F)c1F. The van der Waals surface area contributed by atoms with Crippen LogP contribution in [0.4, 0.5) is 14.5 Å². The third kappa shape index (κ3) is 3.28. The van der Waals surface area contributed by atoms with Gasteiger partial charge in [0.15, 0.2) is 11.6 Å². The van der Waals surface area contributed by atoms with E-state index in [4.69, 9.17) is 5.73 Å². The molecule has 0 unspecified atom stereocenters. The Bertz CT molecular complexity index is 355. The van der Waals surface area contributed by atoms with E-state index >= 15 is 0 Å². The number of hydrogen-bond donors (Lipinski definition) is 2. The molecule has 1 amide bonds. The number of amides is 1. The number of benzene rings is 1. The summed E-state index contributed by atoms with van der Waals surface area (Å²) in [5.41, 5.74) is 5.07. The van der Waals surface area contributed by atoms with Crippen molar-refractivity contribution in [3.05, 3.63) is 29.8 Å². The highest BCUT2D eigenvalue weighted by Crippen LogP contribution is 2.16. The molecule has 82 valence electrons. The van der Waals surface area contributed by atoms with Gasteiger partial charge in [-0.15, -0.1) is 0 Å². The van der Waals surface area contributed by atoms with Gasteiger partial charge in [0.05, 0.1) is 5.69 Å². The second kappa shape index (κ2) is 5.41. The summed E-state index contributed by atoms with van der Waals surface area (Å²) in [7, 11) is 0. The molecule has 1 aromatic carbocycles. The van der Waals surface area contributed by atoms with Gasteiger partial charge in [-0.2, -0.15) is 0 Å². The zero-order chi connectivity index (χ0) is 11.3. The molecule has 0 radical (unpaired) electrons. The summed E-state index contributed by atoms with van der Waals surface area (Å²) in [6, 6.07) is 3.63. The highest BCUT2D eigenvalue weighted by atomic mass is 19.2. The van der Waals surface area contributed by atoms with Gasteiger partial charge in [0.1, 0.15) is 0 Å². The molecule has 0 saturated heterocycles. The Morgan fingerprint density at radius 3 is 2.80 bits per heavy atom. The van der Waals surface area contributed by atoms with Crippen LogP contribution in [-0.4, -0.2) is 12.5 Å². The highest BCUT2D eigenvalue weighted by Gasteiger charge is 2.09. The lowest BCUT2D eigenvalue weighted by atomic mass is 10.2. The number of carbonyl (C=O) groups is 1. The molecule has 0 spiro atoms. The van der Waals surface area contributed by atoms with Crippen LogP contribution >= 0.6 is 0 Å². The Morgan fingerprint density at radius 2 is 2.13 bits per heavy atom. The number of halogens is 2. The first-order valence-corrected chi connectivity index (χ1v) is 4.59. The Labute approximate surface area is 86.3 Å². The van der Waals surface area contributed by atoms with Crippen LogP contribution in [-0.2, 0) is 4.79 Å². The van der Waals surface area contributed by atoms with Gasteiger partial charge in [-0.1, -0.05) is 6.07 Å². The topological polar surface area (TPSA) is 55.1 Å². The third-order valence-corrected chi connectivity index (χ3v) is 1.83. The van der Waals surface area contributed by atoms with Gasteiger partial charge < -0.3 is 11.1 Å². The van der Waals surface area contributed by atoms with Gasteiger partial charge in [-0.25, -0.2) is 8.78 Å². The second-order valence-corrected chi connectivity index (χ2v) is 3.04. The maximum atomic E-state index is 13.1. The molecule has 0 fully saturated rings. The number of carbonyl (C=O) groups excluding carboxylic acids is 1. The van der Waals surface area contributed by atoms with E-state index in [-0.39, 0.29) is 18.0 Å². The molecule has 1 rings (SSSR count). The van der Waals surface area contributed by atoms with Crippen LogP contribution in [0.2, 0.25) is 0 Å². The number of anilines is 1. The monoisotopic (exact) mass is 214 g/mol. The standard InChI is InChI=1S/C10H12F2N2O/c11-7-3-1-4-8(10(7)12)14-9(15)5-2-6-13/h1,3-4H,2,5-6,13H2,(H,14,15). The summed E-state index contributed by atoms with van der Waals surface area (Å²) in [5.74, 6) is -2.39. The number of hydrogen-bond acceptors (Lipinski definition) is 2. The summed E-state index contributed by atoms with van der Waals surface area (Å²) < 4.78 is 25.8. The molecule has 0 aliphatic rings. The molecule has 0 aromatic heterocycles. The summed E-state index contributed by atoms with van der Waals surface area (Å²) >= 11 is 0. The zero-order valence-corrected chi connectivity index (χ0v) is 8.09. The van der Waals surface area contributed by atoms with Gasteiger partial charge >= 0.3 is 0 Å². The van der Waals surface area contributed by atoms with Gasteiger partial charge in [0.2, 0.25) is 5.91 Å². The maximum absolute atomic E-state index is 13.1. The molecule has 3 nitrogen and oxygen atoms in total. The molecule has 0 heterocycles. The lowest BCUT2D eigenvalue weighted by Crippen LogP contribution is -2.14. The van der Waals surface area contributed by atoms with Crippen molar-refractivity contribution >= 4 is 11.6 Å². The molecule has 15 heavy (non-hydrogen) atoms. The van der Waals surface area contributed by atoms with Crippen LogP contribution in [0.15, 0.2) is 18.2 Å². The van der Waals surface area contributed by atoms with Crippen LogP contribution in [0.3, 0.4) is 0 Å². The minimum atomic E-state index is -1.04. The smallest absolute Gasteiger partial charge is 0.224 e. The fraction of sp³-hybridized carbons (Fsp3) is 0.300. The summed E-state index contributed by atoms with van der Waals surface area (Å²) in [5, 5.41) is 2.28. The van der Waals surface area contributed by atoms with Crippen molar-refractivity contribution in [3.8, 4) is 0 Å². The second-order valence-electron chi connectivity index (χ2n) is 3.04. The van der Waals surface area contributed by atoms with Crippen molar-refractivity contribution in [2.24, 2.45) is 5.73 Å². The van der Waals surface area contributed by atoms with Crippen LogP contribution < -0.4 is 11.1 Å². The Morgan fingerprint density at radius 1 is 1.40 bits per heavy atom. The van der Waals surface area contributed by atoms with E-state index in [1.807, 2.05) is 0 Å². The van der Waals surface area contributed by atoms with Crippen molar-refractivity contribution < 1.29 is 13.6 Å². The molecule has 0 aliphatic carbocycles. The van der Waals surface area contributed by atoms with Crippen molar-refractivity contribution in [1.82, 2.24) is 0 Å². The van der Waals surface area contributed by atoms with Crippen molar-refractivity contribution in [1.29, 1.82) is 0 Å². The van der Waals surface area contributed by atoms with Crippen molar-refractivity contribution in [2.45, 2.75) is 12.8 Å². The quantitative estimate of drug-likeness (QED) is 0.800. The molecular weight excluding hydrogens is 202 g/mol. The minimum absolute atomic E-state index is 0.142. The van der Waals surface area contributed by atoms with Crippen LogP contribution in [0.1, 0.15) is 12.8 Å². The molecule has 1 aromatic rings. The van der Waals surface area contributed by atoms with E-state index in [0.717, 1.165) is 6.07 Å². The maximum Gasteiger partial charge on any atom is 0.224 e. The number of nitrogens with one attached hydrogen (secondary N) is 1. The summed E-state index contributed by atoms with van der Waals surface area (Å²) in [6.07, 6.45) is 0.717. The lowest BCUT2D eigenvalue weighted by Gasteiger charge is -2.05. The molecule has 0 saturated carbocycles. The van der Waals surface area contributed by atoms with Crippen LogP contribution in [0, 0.1) is 11.6 Å². The van der Waals surface area contributed by atoms with Crippen molar-refractivity contribution in [3.63, 3.8) is 0 Å². The minimum Gasteiger partial charge on any atom is -0.330 e. The molecule has 5 heteroatoms. The summed E-state index contributed by atoms with van der Waals surface area (Å²) in [6.45, 7) is 0.388. The Balaban J connectivity index is 2.64. The van der Waals surface area contributed by atoms with Crippen LogP contribution in [0.25, 0.3) is 0 Å². The molecule has 0 aliphatic heterocycles. The van der Waals surface area contributed by atoms with Gasteiger partial charge in [0, 0.05) is 6.42 Å². The summed E-state index contributed by atoms with van der Waals surface area (Å²) in [4.78, 5) is 11.2. The Kier molecular flexibility index (Phi) is 4.17. The average molecular weight is 214 g/mol. The van der Waals surface area contributed by atoms with Crippen LogP contribution in [0.5, 0.6) is 0 Å². The van der Waals surface area contributed by atoms with E-state index < -0.39 is 11.6 Å². The third-order valence-electron chi connectivity index (χ3n) is 1.83. The predicted octanol–water partition coefficient (Wildman–Crippen LogP) is 1.64. The number of nitrogens with two attached hydrogens (primary N) is 1. The Hall–Kier alpha value is -1.49. The van der Waals surface area contributed by atoms with Crippen molar-refractivity contribution in [2.75, 3.05) is 11.9 Å². The largest absolute Gasteiger partial charge is 0.330 e. The van der Waals surface area contributed by atoms with Gasteiger partial charge in [-0.3, -0.25) is 4.79 Å². The lowest BCUT2D eigenvalue weighted by molar-refractivity contribution is -0.116. The average Bonchev–Trinajstić information content (AvgIpc) is 2.22. The van der Waals surface area contributed by atoms with E-state index in [2.05, 4.69) is 5.32 Å². The van der Waals surface area contributed by atoms with E-state index in [9.17, 15) is 13.6 Å². The van der Waals surface area contributed by atoms with Gasteiger partial charge in [-0.05, 0) is 25.1 Å². The first-order chi connectivity index (χ1) is 7.15. The zero-order valence-electron chi connectivity index (χ0n) is 8.09. The molecular formula is C10H12F2N2O. The fourth-order valence-electron chi connectivity index (χ4n) is 1.08. The van der Waals surface area contributed by atoms with E-state index in [1.54, 1.807) is 0 Å². The first-order valence-electron chi connectivity index (χ1n) is 4.59. The molecule has 3 N–H and O–H groups in total. The predicted molar refractivity (Wildman–Crippen MR) is 53.3 cm³/mol. The molecule has 0 bridgehead atoms. The normalized spacial score (nSPS) is 10.1. The molecule has 0 atom stereocenters. The highest BCUT2D eigenvalue weighted by molar-refractivity contribution is 5.90. The van der Waals surface area contributed by atoms with E-state index in [0.29, 0.717) is 13.0 Å². The first kappa shape index (κ1) is 11.6. The fourth-order valence-corrected chi connectivity index (χ4v) is 1.08.